The van der Waals surface area contributed by atoms with E-state index in [1.54, 1.807) is 17.0 Å². The van der Waals surface area contributed by atoms with Crippen molar-refractivity contribution in [3.63, 3.8) is 0 Å². The van der Waals surface area contributed by atoms with Crippen LogP contribution >= 0.6 is 0 Å². The second kappa shape index (κ2) is 7.60. The SMILES string of the molecule is CC1CCC(C(=O)O)CN1C(=O)c1cc(Cc2ccccc2)ccc1O. The lowest BCUT2D eigenvalue weighted by molar-refractivity contribution is -0.143. The molecule has 1 fully saturated rings. The number of carbonyl (C=O) groups excluding carboxylic acids is 1. The smallest absolute Gasteiger partial charge is 0.308 e. The maximum absolute atomic E-state index is 13.0. The van der Waals surface area contributed by atoms with E-state index >= 15 is 0 Å². The normalized spacial score (nSPS) is 20.0. The first-order valence-electron chi connectivity index (χ1n) is 8.85. The minimum Gasteiger partial charge on any atom is -0.507 e. The molecule has 5 heteroatoms. The van der Waals surface area contributed by atoms with Crippen molar-refractivity contribution in [1.29, 1.82) is 0 Å². The fraction of sp³-hybridized carbons (Fsp3) is 0.333. The maximum atomic E-state index is 13.0. The summed E-state index contributed by atoms with van der Waals surface area (Å²) in [6, 6.07) is 14.9. The number of amides is 1. The van der Waals surface area contributed by atoms with Crippen molar-refractivity contribution in [3.8, 4) is 5.75 Å². The fourth-order valence-corrected chi connectivity index (χ4v) is 3.44. The average molecular weight is 353 g/mol. The highest BCUT2D eigenvalue weighted by atomic mass is 16.4. The van der Waals surface area contributed by atoms with Gasteiger partial charge in [-0.2, -0.15) is 0 Å². The Morgan fingerprint density at radius 2 is 1.81 bits per heavy atom. The van der Waals surface area contributed by atoms with Gasteiger partial charge in [0.15, 0.2) is 0 Å². The van der Waals surface area contributed by atoms with Gasteiger partial charge in [-0.15, -0.1) is 0 Å². The predicted molar refractivity (Wildman–Crippen MR) is 98.2 cm³/mol. The molecule has 2 aromatic rings. The number of hydrogen-bond donors (Lipinski definition) is 2. The number of nitrogens with zero attached hydrogens (tertiary/aromatic N) is 1. The van der Waals surface area contributed by atoms with Crippen molar-refractivity contribution < 1.29 is 19.8 Å². The number of piperidine rings is 1. The Balaban J connectivity index is 1.84. The summed E-state index contributed by atoms with van der Waals surface area (Å²) in [6.07, 6.45) is 1.88. The maximum Gasteiger partial charge on any atom is 0.308 e. The van der Waals surface area contributed by atoms with Crippen LogP contribution in [0.5, 0.6) is 5.75 Å². The third kappa shape index (κ3) is 3.87. The van der Waals surface area contributed by atoms with Gasteiger partial charge in [0.05, 0.1) is 11.5 Å². The van der Waals surface area contributed by atoms with Gasteiger partial charge in [-0.05, 0) is 49.4 Å². The quantitative estimate of drug-likeness (QED) is 0.884. The van der Waals surface area contributed by atoms with Gasteiger partial charge in [0.25, 0.3) is 5.91 Å². The van der Waals surface area contributed by atoms with Crippen molar-refractivity contribution >= 4 is 11.9 Å². The summed E-state index contributed by atoms with van der Waals surface area (Å²) in [5, 5.41) is 19.5. The lowest BCUT2D eigenvalue weighted by Gasteiger charge is -2.36. The third-order valence-corrected chi connectivity index (χ3v) is 5.03. The van der Waals surface area contributed by atoms with Crippen molar-refractivity contribution in [1.82, 2.24) is 4.90 Å². The topological polar surface area (TPSA) is 77.8 Å². The molecule has 1 saturated heterocycles. The Morgan fingerprint density at radius 1 is 1.08 bits per heavy atom. The van der Waals surface area contributed by atoms with Crippen LogP contribution in [0.25, 0.3) is 0 Å². The molecular formula is C21H23NO4. The third-order valence-electron chi connectivity index (χ3n) is 5.03. The van der Waals surface area contributed by atoms with E-state index in [4.69, 9.17) is 0 Å². The van der Waals surface area contributed by atoms with E-state index in [0.29, 0.717) is 19.3 Å². The first kappa shape index (κ1) is 18.0. The number of carboxylic acids is 1. The largest absolute Gasteiger partial charge is 0.507 e. The molecule has 0 aliphatic carbocycles. The molecule has 136 valence electrons. The summed E-state index contributed by atoms with van der Waals surface area (Å²) in [5.41, 5.74) is 2.28. The number of phenols is 1. The summed E-state index contributed by atoms with van der Waals surface area (Å²) in [5.74, 6) is -1.81. The predicted octanol–water partition coefficient (Wildman–Crippen LogP) is 3.31. The number of benzene rings is 2. The number of phenolic OH excluding ortho intramolecular Hbond substituents is 1. The molecule has 0 saturated carbocycles. The number of carboxylic acid groups (broad SMARTS) is 1. The van der Waals surface area contributed by atoms with Crippen molar-refractivity contribution in [2.24, 2.45) is 5.92 Å². The highest BCUT2D eigenvalue weighted by Gasteiger charge is 2.33. The highest BCUT2D eigenvalue weighted by Crippen LogP contribution is 2.28. The van der Waals surface area contributed by atoms with E-state index in [0.717, 1.165) is 11.1 Å². The van der Waals surface area contributed by atoms with Crippen LogP contribution < -0.4 is 0 Å². The zero-order valence-corrected chi connectivity index (χ0v) is 14.8. The molecule has 1 heterocycles. The molecule has 1 amide bonds. The minimum atomic E-state index is -0.878. The summed E-state index contributed by atoms with van der Waals surface area (Å²) >= 11 is 0. The Hall–Kier alpha value is -2.82. The summed E-state index contributed by atoms with van der Waals surface area (Å²) in [7, 11) is 0. The number of aliphatic carboxylic acids is 1. The molecule has 2 atom stereocenters. The lowest BCUT2D eigenvalue weighted by atomic mass is 9.92. The monoisotopic (exact) mass is 353 g/mol. The van der Waals surface area contributed by atoms with Gasteiger partial charge < -0.3 is 15.1 Å². The van der Waals surface area contributed by atoms with Gasteiger partial charge in [0.1, 0.15) is 5.75 Å². The van der Waals surface area contributed by atoms with E-state index in [9.17, 15) is 19.8 Å². The Kier molecular flexibility index (Phi) is 5.26. The summed E-state index contributed by atoms with van der Waals surface area (Å²) < 4.78 is 0. The van der Waals surface area contributed by atoms with E-state index in [1.807, 2.05) is 37.3 Å². The second-order valence-corrected chi connectivity index (χ2v) is 6.93. The lowest BCUT2D eigenvalue weighted by Crippen LogP contribution is -2.47. The Labute approximate surface area is 152 Å². The zero-order chi connectivity index (χ0) is 18.7. The molecule has 0 spiro atoms. The summed E-state index contributed by atoms with van der Waals surface area (Å²) in [4.78, 5) is 25.9. The van der Waals surface area contributed by atoms with Crippen LogP contribution in [-0.2, 0) is 11.2 Å². The molecule has 26 heavy (non-hydrogen) atoms. The zero-order valence-electron chi connectivity index (χ0n) is 14.8. The number of carbonyl (C=O) groups is 2. The molecule has 2 aromatic carbocycles. The van der Waals surface area contributed by atoms with Gasteiger partial charge in [0.2, 0.25) is 0 Å². The van der Waals surface area contributed by atoms with Gasteiger partial charge in [0, 0.05) is 12.6 Å². The van der Waals surface area contributed by atoms with Gasteiger partial charge in [-0.25, -0.2) is 0 Å². The van der Waals surface area contributed by atoms with Crippen LogP contribution in [0, 0.1) is 5.92 Å². The van der Waals surface area contributed by atoms with E-state index in [1.165, 1.54) is 6.07 Å². The fourth-order valence-electron chi connectivity index (χ4n) is 3.44. The number of likely N-dealkylation sites (tertiary alicyclic amines) is 1. The molecule has 0 bridgehead atoms. The van der Waals surface area contributed by atoms with Crippen molar-refractivity contribution in [3.05, 3.63) is 65.2 Å². The second-order valence-electron chi connectivity index (χ2n) is 6.93. The average Bonchev–Trinajstić information content (AvgIpc) is 2.64. The van der Waals surface area contributed by atoms with Crippen LogP contribution in [0.4, 0.5) is 0 Å². The van der Waals surface area contributed by atoms with Gasteiger partial charge >= 0.3 is 5.97 Å². The van der Waals surface area contributed by atoms with Crippen LogP contribution in [-0.4, -0.2) is 39.6 Å². The molecule has 1 aliphatic heterocycles. The highest BCUT2D eigenvalue weighted by molar-refractivity contribution is 5.97. The minimum absolute atomic E-state index is 0.0460. The molecule has 0 radical (unpaired) electrons. The van der Waals surface area contributed by atoms with E-state index in [-0.39, 0.29) is 29.8 Å². The molecule has 2 unspecified atom stereocenters. The van der Waals surface area contributed by atoms with E-state index in [2.05, 4.69) is 0 Å². The van der Waals surface area contributed by atoms with Crippen LogP contribution in [0.2, 0.25) is 0 Å². The molecule has 0 aromatic heterocycles. The first-order valence-corrected chi connectivity index (χ1v) is 8.85. The van der Waals surface area contributed by atoms with Gasteiger partial charge in [-0.3, -0.25) is 9.59 Å². The number of hydrogen-bond acceptors (Lipinski definition) is 3. The van der Waals surface area contributed by atoms with Crippen LogP contribution in [0.1, 0.15) is 41.3 Å². The van der Waals surface area contributed by atoms with E-state index < -0.39 is 11.9 Å². The van der Waals surface area contributed by atoms with Crippen LogP contribution in [0.15, 0.2) is 48.5 Å². The Bertz CT molecular complexity index is 803. The Morgan fingerprint density at radius 3 is 2.50 bits per heavy atom. The number of rotatable bonds is 4. The summed E-state index contributed by atoms with van der Waals surface area (Å²) in [6.45, 7) is 2.10. The van der Waals surface area contributed by atoms with Crippen molar-refractivity contribution in [2.75, 3.05) is 6.54 Å². The molecular weight excluding hydrogens is 330 g/mol. The van der Waals surface area contributed by atoms with Crippen molar-refractivity contribution in [2.45, 2.75) is 32.2 Å². The molecule has 1 aliphatic rings. The van der Waals surface area contributed by atoms with Gasteiger partial charge in [-0.1, -0.05) is 36.4 Å². The first-order chi connectivity index (χ1) is 12.5. The molecule has 2 N–H and O–H groups in total. The molecule has 3 rings (SSSR count). The standard InChI is InChI=1S/C21H23NO4/c1-14-7-9-17(21(25)26)13-22(14)20(24)18-12-16(8-10-19(18)23)11-15-5-3-2-4-6-15/h2-6,8,10,12,14,17,23H,7,9,11,13H2,1H3,(H,25,26). The number of aromatic hydroxyl groups is 1. The molecule has 5 nitrogen and oxygen atoms in total. The van der Waals surface area contributed by atoms with Crippen LogP contribution in [0.3, 0.4) is 0 Å².